The number of aromatic nitrogens is 3. The van der Waals surface area contributed by atoms with Gasteiger partial charge in [-0.25, -0.2) is 0 Å². The van der Waals surface area contributed by atoms with Gasteiger partial charge in [0, 0.05) is 56.1 Å². The summed E-state index contributed by atoms with van der Waals surface area (Å²) in [5, 5.41) is 4.91. The van der Waals surface area contributed by atoms with Gasteiger partial charge in [0.05, 0.1) is 34.0 Å². The van der Waals surface area contributed by atoms with Crippen LogP contribution in [0.25, 0.3) is 77.2 Å². The summed E-state index contributed by atoms with van der Waals surface area (Å²) in [6.45, 7) is 0. The molecule has 4 nitrogen and oxygen atoms in total. The SMILES string of the molecule is c1ccc(-c2ccc(N(c3cccnc3)c3cc(-c4cccc5c6ccccc6n(-c6ccccc6)c45)cc(-n4c5ccccc5c5ccccc54)c3)cc2)cc1. The fraction of sp³-hybridized carbons (Fsp3) is 0. The van der Waals surface area contributed by atoms with E-state index in [1.165, 1.54) is 54.7 Å². The van der Waals surface area contributed by atoms with Crippen LogP contribution in [0.15, 0.2) is 219 Å². The molecule has 0 fully saturated rings. The Kier molecular flexibility index (Phi) is 7.78. The third-order valence-corrected chi connectivity index (χ3v) is 11.2. The third-order valence-electron chi connectivity index (χ3n) is 11.2. The first-order valence-electron chi connectivity index (χ1n) is 19.4. The number of anilines is 3. The van der Waals surface area contributed by atoms with E-state index >= 15 is 0 Å². The summed E-state index contributed by atoms with van der Waals surface area (Å²) in [6.07, 6.45) is 3.79. The van der Waals surface area contributed by atoms with Gasteiger partial charge in [-0.3, -0.25) is 4.98 Å². The molecule has 0 unspecified atom stereocenters. The Labute approximate surface area is 330 Å². The van der Waals surface area contributed by atoms with E-state index in [1.807, 2.05) is 18.5 Å². The average molecular weight is 729 g/mol. The summed E-state index contributed by atoms with van der Waals surface area (Å²) in [7, 11) is 0. The van der Waals surface area contributed by atoms with Gasteiger partial charge in [0.15, 0.2) is 0 Å². The Balaban J connectivity index is 1.22. The van der Waals surface area contributed by atoms with E-state index in [2.05, 4.69) is 219 Å². The predicted octanol–water partition coefficient (Wildman–Crippen LogP) is 14.1. The van der Waals surface area contributed by atoms with Crippen LogP contribution in [0.5, 0.6) is 0 Å². The maximum atomic E-state index is 4.62. The molecule has 57 heavy (non-hydrogen) atoms. The molecule has 0 saturated heterocycles. The Morgan fingerprint density at radius 2 is 0.930 bits per heavy atom. The second-order valence-corrected chi connectivity index (χ2v) is 14.5. The van der Waals surface area contributed by atoms with Crippen LogP contribution in [0.3, 0.4) is 0 Å². The second-order valence-electron chi connectivity index (χ2n) is 14.5. The van der Waals surface area contributed by atoms with E-state index in [-0.39, 0.29) is 0 Å². The third kappa shape index (κ3) is 5.50. The van der Waals surface area contributed by atoms with Gasteiger partial charge in [-0.15, -0.1) is 0 Å². The summed E-state index contributed by atoms with van der Waals surface area (Å²) in [5.41, 5.74) is 14.6. The summed E-state index contributed by atoms with van der Waals surface area (Å²) in [5.74, 6) is 0. The molecule has 0 amide bonds. The van der Waals surface area contributed by atoms with Crippen molar-refractivity contribution in [3.8, 4) is 33.6 Å². The minimum atomic E-state index is 0.979. The van der Waals surface area contributed by atoms with E-state index < -0.39 is 0 Å². The zero-order chi connectivity index (χ0) is 37.7. The van der Waals surface area contributed by atoms with E-state index in [4.69, 9.17) is 0 Å². The minimum Gasteiger partial charge on any atom is -0.309 e. The number of rotatable bonds is 7. The van der Waals surface area contributed by atoms with Crippen molar-refractivity contribution in [3.63, 3.8) is 0 Å². The molecule has 0 saturated carbocycles. The van der Waals surface area contributed by atoms with Gasteiger partial charge in [-0.2, -0.15) is 0 Å². The van der Waals surface area contributed by atoms with Crippen molar-refractivity contribution in [2.75, 3.05) is 4.90 Å². The fourth-order valence-electron chi connectivity index (χ4n) is 8.67. The fourth-order valence-corrected chi connectivity index (χ4v) is 8.67. The maximum absolute atomic E-state index is 4.62. The van der Waals surface area contributed by atoms with Gasteiger partial charge in [0.2, 0.25) is 0 Å². The van der Waals surface area contributed by atoms with Gasteiger partial charge >= 0.3 is 0 Å². The summed E-state index contributed by atoms with van der Waals surface area (Å²) in [4.78, 5) is 6.95. The summed E-state index contributed by atoms with van der Waals surface area (Å²) >= 11 is 0. The van der Waals surface area contributed by atoms with Crippen LogP contribution in [-0.2, 0) is 0 Å². The smallest absolute Gasteiger partial charge is 0.0644 e. The van der Waals surface area contributed by atoms with Crippen LogP contribution in [-0.4, -0.2) is 14.1 Å². The molecule has 0 aliphatic rings. The first-order valence-corrected chi connectivity index (χ1v) is 19.4. The van der Waals surface area contributed by atoms with Gasteiger partial charge < -0.3 is 14.0 Å². The molecule has 8 aromatic carbocycles. The van der Waals surface area contributed by atoms with Crippen LogP contribution in [0, 0.1) is 0 Å². The van der Waals surface area contributed by atoms with Crippen LogP contribution in [0.4, 0.5) is 17.1 Å². The first-order chi connectivity index (χ1) is 28.3. The molecule has 11 aromatic rings. The molecule has 0 N–H and O–H groups in total. The zero-order valence-corrected chi connectivity index (χ0v) is 31.1. The molecular formula is C53H36N4. The number of benzene rings is 8. The van der Waals surface area contributed by atoms with E-state index in [9.17, 15) is 0 Å². The van der Waals surface area contributed by atoms with Crippen molar-refractivity contribution in [1.29, 1.82) is 0 Å². The lowest BCUT2D eigenvalue weighted by molar-refractivity contribution is 1.16. The molecule has 3 aromatic heterocycles. The van der Waals surface area contributed by atoms with Crippen molar-refractivity contribution < 1.29 is 0 Å². The lowest BCUT2D eigenvalue weighted by Crippen LogP contribution is -2.11. The summed E-state index contributed by atoms with van der Waals surface area (Å²) < 4.78 is 4.85. The number of para-hydroxylation sites is 5. The van der Waals surface area contributed by atoms with Crippen LogP contribution in [0.2, 0.25) is 0 Å². The normalized spacial score (nSPS) is 11.5. The monoisotopic (exact) mass is 728 g/mol. The van der Waals surface area contributed by atoms with Crippen molar-refractivity contribution >= 4 is 60.7 Å². The molecule has 0 aliphatic carbocycles. The molecule has 0 aliphatic heterocycles. The zero-order valence-electron chi connectivity index (χ0n) is 31.1. The molecule has 268 valence electrons. The van der Waals surface area contributed by atoms with Crippen LogP contribution >= 0.6 is 0 Å². The molecule has 11 rings (SSSR count). The minimum absolute atomic E-state index is 0.979. The van der Waals surface area contributed by atoms with Crippen LogP contribution < -0.4 is 4.90 Å². The van der Waals surface area contributed by atoms with E-state index in [0.717, 1.165) is 39.6 Å². The Morgan fingerprint density at radius 3 is 1.60 bits per heavy atom. The molecule has 3 heterocycles. The lowest BCUT2D eigenvalue weighted by Gasteiger charge is -2.27. The maximum Gasteiger partial charge on any atom is 0.0644 e. The molecule has 0 spiro atoms. The van der Waals surface area contributed by atoms with E-state index in [1.54, 1.807) is 0 Å². The number of hydrogen-bond donors (Lipinski definition) is 0. The number of pyridine rings is 1. The van der Waals surface area contributed by atoms with Crippen LogP contribution in [0.1, 0.15) is 0 Å². The number of fused-ring (bicyclic) bond motifs is 6. The highest BCUT2D eigenvalue weighted by Gasteiger charge is 2.21. The van der Waals surface area contributed by atoms with Crippen molar-refractivity contribution in [2.45, 2.75) is 0 Å². The number of nitrogens with zero attached hydrogens (tertiary/aromatic N) is 4. The van der Waals surface area contributed by atoms with Gasteiger partial charge in [0.25, 0.3) is 0 Å². The largest absolute Gasteiger partial charge is 0.309 e. The van der Waals surface area contributed by atoms with Gasteiger partial charge in [-0.05, 0) is 89.5 Å². The van der Waals surface area contributed by atoms with E-state index in [0.29, 0.717) is 0 Å². The molecule has 4 heteroatoms. The highest BCUT2D eigenvalue weighted by atomic mass is 15.1. The quantitative estimate of drug-likeness (QED) is 0.163. The Morgan fingerprint density at radius 1 is 0.351 bits per heavy atom. The van der Waals surface area contributed by atoms with Gasteiger partial charge in [0.1, 0.15) is 0 Å². The molecule has 0 radical (unpaired) electrons. The first kappa shape index (κ1) is 32.7. The molecule has 0 atom stereocenters. The molecule has 0 bridgehead atoms. The van der Waals surface area contributed by atoms with Crippen molar-refractivity contribution in [2.24, 2.45) is 0 Å². The predicted molar refractivity (Wildman–Crippen MR) is 238 cm³/mol. The lowest BCUT2D eigenvalue weighted by atomic mass is 9.99. The van der Waals surface area contributed by atoms with Crippen molar-refractivity contribution in [3.05, 3.63) is 219 Å². The standard InChI is InChI=1S/C53H36N4/c1-3-15-37(16-4-1)38-28-30-41(31-29-38)55(42-19-14-32-54-36-42)43-33-39(34-44(35-43)56-50-25-10-7-20-46(50)47-21-8-11-26-51(47)56)45-23-13-24-49-48-22-9-12-27-52(48)57(53(45)49)40-17-5-2-6-18-40/h1-36H. The Bertz CT molecular complexity index is 3160. The number of hydrogen-bond acceptors (Lipinski definition) is 2. The van der Waals surface area contributed by atoms with Gasteiger partial charge in [-0.1, -0.05) is 133 Å². The Hall–Kier alpha value is -7.69. The second kappa shape index (κ2) is 13.6. The molecular weight excluding hydrogens is 693 g/mol. The average Bonchev–Trinajstić information content (AvgIpc) is 3.81. The van der Waals surface area contributed by atoms with Crippen molar-refractivity contribution in [1.82, 2.24) is 14.1 Å². The summed E-state index contributed by atoms with van der Waals surface area (Å²) in [6, 6.07) is 74.3. The topological polar surface area (TPSA) is 26.0 Å². The highest BCUT2D eigenvalue weighted by molar-refractivity contribution is 6.14. The highest BCUT2D eigenvalue weighted by Crippen LogP contribution is 2.44.